The molecule has 110 valence electrons. The molecule has 0 aliphatic heterocycles. The zero-order valence-electron chi connectivity index (χ0n) is 11.7. The second-order valence-electron chi connectivity index (χ2n) is 4.58. The number of benzene rings is 2. The fraction of sp³-hybridized carbons (Fsp3) is 0.188. The van der Waals surface area contributed by atoms with Gasteiger partial charge in [0.2, 0.25) is 5.91 Å². The molecule has 2 rings (SSSR count). The molecule has 2 aromatic rings. The minimum Gasteiger partial charge on any atom is -0.496 e. The average molecular weight is 349 g/mol. The molecule has 0 spiro atoms. The molecular formula is C16H17BrN2O2. The van der Waals surface area contributed by atoms with Gasteiger partial charge in [-0.1, -0.05) is 46.3 Å². The molecule has 3 N–H and O–H groups in total. The average Bonchev–Trinajstić information content (AvgIpc) is 2.48. The highest BCUT2D eigenvalue weighted by Crippen LogP contribution is 2.23. The lowest BCUT2D eigenvalue weighted by Gasteiger charge is -2.17. The third kappa shape index (κ3) is 4.06. The molecule has 1 atom stereocenters. The molecule has 0 radical (unpaired) electrons. The Morgan fingerprint density at radius 3 is 2.62 bits per heavy atom. The molecule has 0 bridgehead atoms. The van der Waals surface area contributed by atoms with Gasteiger partial charge in [-0.3, -0.25) is 10.1 Å². The highest BCUT2D eigenvalue weighted by Gasteiger charge is 2.17. The number of nitrogens with one attached hydrogen (secondary N) is 1. The van der Waals surface area contributed by atoms with E-state index in [4.69, 9.17) is 10.5 Å². The Morgan fingerprint density at radius 2 is 2.00 bits per heavy atom. The lowest BCUT2D eigenvalue weighted by molar-refractivity contribution is -0.120. The summed E-state index contributed by atoms with van der Waals surface area (Å²) < 4.78 is 6.28. The molecule has 4 nitrogen and oxygen atoms in total. The highest BCUT2D eigenvalue weighted by molar-refractivity contribution is 9.10. The van der Waals surface area contributed by atoms with Gasteiger partial charge in [0, 0.05) is 16.6 Å². The van der Waals surface area contributed by atoms with Gasteiger partial charge in [0.05, 0.1) is 7.11 Å². The number of hydrogen-bond acceptors (Lipinski definition) is 3. The molecule has 0 aromatic heterocycles. The summed E-state index contributed by atoms with van der Waals surface area (Å²) in [5.74, 6) is 0.358. The van der Waals surface area contributed by atoms with Gasteiger partial charge in [0.15, 0.2) is 0 Å². The lowest BCUT2D eigenvalue weighted by atomic mass is 10.1. The monoisotopic (exact) mass is 348 g/mol. The van der Waals surface area contributed by atoms with Crippen molar-refractivity contribution < 1.29 is 9.53 Å². The standard InChI is InChI=1S/C16H17BrN2O2/c1-21-14-8-7-13(17)9-12(14)10-19-15(16(18)20)11-5-3-2-4-6-11/h2-9,15,19H,10H2,1H3,(H2,18,20)/t15-/m0/s1. The number of methoxy groups -OCH3 is 1. The second-order valence-corrected chi connectivity index (χ2v) is 5.50. The summed E-state index contributed by atoms with van der Waals surface area (Å²) >= 11 is 3.43. The molecule has 5 heteroatoms. The van der Waals surface area contributed by atoms with E-state index in [0.29, 0.717) is 6.54 Å². The molecule has 21 heavy (non-hydrogen) atoms. The first-order chi connectivity index (χ1) is 10.1. The largest absolute Gasteiger partial charge is 0.496 e. The van der Waals surface area contributed by atoms with Crippen LogP contribution < -0.4 is 15.8 Å². The Hall–Kier alpha value is -1.85. The normalized spacial score (nSPS) is 11.9. The van der Waals surface area contributed by atoms with E-state index in [9.17, 15) is 4.79 Å². The van der Waals surface area contributed by atoms with Crippen molar-refractivity contribution in [2.45, 2.75) is 12.6 Å². The number of carbonyl (C=O) groups excluding carboxylic acids is 1. The summed E-state index contributed by atoms with van der Waals surface area (Å²) in [6.45, 7) is 0.477. The van der Waals surface area contributed by atoms with Crippen molar-refractivity contribution in [1.29, 1.82) is 0 Å². The Labute approximate surface area is 132 Å². The Kier molecular flexibility index (Phi) is 5.36. The third-order valence-electron chi connectivity index (χ3n) is 3.16. The SMILES string of the molecule is COc1ccc(Br)cc1CN[C@H](C(N)=O)c1ccccc1. The zero-order chi connectivity index (χ0) is 15.2. The maximum absolute atomic E-state index is 11.7. The summed E-state index contributed by atoms with van der Waals surface area (Å²) in [6, 6.07) is 14.6. The predicted octanol–water partition coefficient (Wildman–Crippen LogP) is 2.77. The molecule has 0 unspecified atom stereocenters. The van der Waals surface area contributed by atoms with Crippen LogP contribution in [-0.4, -0.2) is 13.0 Å². The van der Waals surface area contributed by atoms with Crippen molar-refractivity contribution >= 4 is 21.8 Å². The van der Waals surface area contributed by atoms with Crippen LogP contribution in [0.3, 0.4) is 0 Å². The van der Waals surface area contributed by atoms with Crippen LogP contribution in [0.25, 0.3) is 0 Å². The first kappa shape index (κ1) is 15.5. The predicted molar refractivity (Wildman–Crippen MR) is 85.9 cm³/mol. The maximum Gasteiger partial charge on any atom is 0.239 e. The number of amides is 1. The molecular weight excluding hydrogens is 332 g/mol. The van der Waals surface area contributed by atoms with Crippen LogP contribution in [-0.2, 0) is 11.3 Å². The molecule has 0 heterocycles. The van der Waals surface area contributed by atoms with Crippen molar-refractivity contribution in [2.75, 3.05) is 7.11 Å². The van der Waals surface area contributed by atoms with Crippen molar-refractivity contribution in [2.24, 2.45) is 5.73 Å². The van der Waals surface area contributed by atoms with E-state index in [1.807, 2.05) is 48.5 Å². The lowest BCUT2D eigenvalue weighted by Crippen LogP contribution is -2.33. The van der Waals surface area contributed by atoms with Gasteiger partial charge in [-0.15, -0.1) is 0 Å². The van der Waals surface area contributed by atoms with Crippen molar-refractivity contribution in [1.82, 2.24) is 5.32 Å². The number of halogens is 1. The fourth-order valence-electron chi connectivity index (χ4n) is 2.13. The van der Waals surface area contributed by atoms with E-state index < -0.39 is 11.9 Å². The quantitative estimate of drug-likeness (QED) is 0.843. The Morgan fingerprint density at radius 1 is 1.29 bits per heavy atom. The van der Waals surface area contributed by atoms with E-state index in [-0.39, 0.29) is 0 Å². The maximum atomic E-state index is 11.7. The zero-order valence-corrected chi connectivity index (χ0v) is 13.3. The molecule has 0 aliphatic carbocycles. The fourth-order valence-corrected chi connectivity index (χ4v) is 2.53. The number of hydrogen-bond donors (Lipinski definition) is 2. The van der Waals surface area contributed by atoms with Gasteiger partial charge in [-0.25, -0.2) is 0 Å². The number of primary amides is 1. The summed E-state index contributed by atoms with van der Waals surface area (Å²) in [5.41, 5.74) is 7.29. The van der Waals surface area contributed by atoms with Gasteiger partial charge in [0.1, 0.15) is 11.8 Å². The minimum atomic E-state index is -0.533. The topological polar surface area (TPSA) is 64.3 Å². The van der Waals surface area contributed by atoms with Crippen LogP contribution in [0.2, 0.25) is 0 Å². The van der Waals surface area contributed by atoms with Crippen LogP contribution >= 0.6 is 15.9 Å². The molecule has 0 fully saturated rings. The summed E-state index contributed by atoms with van der Waals surface area (Å²) in [7, 11) is 1.62. The smallest absolute Gasteiger partial charge is 0.239 e. The summed E-state index contributed by atoms with van der Waals surface area (Å²) in [6.07, 6.45) is 0. The van der Waals surface area contributed by atoms with Gasteiger partial charge in [-0.2, -0.15) is 0 Å². The molecule has 0 saturated carbocycles. The minimum absolute atomic E-state index is 0.407. The van der Waals surface area contributed by atoms with E-state index >= 15 is 0 Å². The second kappa shape index (κ2) is 7.24. The van der Waals surface area contributed by atoms with E-state index in [1.54, 1.807) is 7.11 Å². The van der Waals surface area contributed by atoms with Crippen LogP contribution in [0.1, 0.15) is 17.2 Å². The van der Waals surface area contributed by atoms with Crippen LogP contribution in [0.15, 0.2) is 53.0 Å². The molecule has 2 aromatic carbocycles. The van der Waals surface area contributed by atoms with Crippen LogP contribution in [0.4, 0.5) is 0 Å². The molecule has 1 amide bonds. The van der Waals surface area contributed by atoms with Crippen molar-refractivity contribution in [3.05, 3.63) is 64.1 Å². The Bertz CT molecular complexity index is 617. The van der Waals surface area contributed by atoms with Gasteiger partial charge in [-0.05, 0) is 23.8 Å². The van der Waals surface area contributed by atoms with Gasteiger partial charge >= 0.3 is 0 Å². The molecule has 0 saturated heterocycles. The van der Waals surface area contributed by atoms with Crippen molar-refractivity contribution in [3.8, 4) is 5.75 Å². The first-order valence-electron chi connectivity index (χ1n) is 6.52. The summed E-state index contributed by atoms with van der Waals surface area (Å²) in [4.78, 5) is 11.7. The van der Waals surface area contributed by atoms with Crippen LogP contribution in [0, 0.1) is 0 Å². The number of nitrogens with two attached hydrogens (primary N) is 1. The van der Waals surface area contributed by atoms with E-state index in [0.717, 1.165) is 21.3 Å². The van der Waals surface area contributed by atoms with Gasteiger partial charge in [0.25, 0.3) is 0 Å². The molecule has 0 aliphatic rings. The highest BCUT2D eigenvalue weighted by atomic mass is 79.9. The van der Waals surface area contributed by atoms with Gasteiger partial charge < -0.3 is 10.5 Å². The first-order valence-corrected chi connectivity index (χ1v) is 7.31. The summed E-state index contributed by atoms with van der Waals surface area (Å²) in [5, 5.41) is 3.18. The van der Waals surface area contributed by atoms with Crippen molar-refractivity contribution in [3.63, 3.8) is 0 Å². The third-order valence-corrected chi connectivity index (χ3v) is 3.65. The number of carbonyl (C=O) groups is 1. The number of rotatable bonds is 6. The van der Waals surface area contributed by atoms with E-state index in [2.05, 4.69) is 21.2 Å². The van der Waals surface area contributed by atoms with E-state index in [1.165, 1.54) is 0 Å². The Balaban J connectivity index is 2.16. The number of ether oxygens (including phenoxy) is 1. The van der Waals surface area contributed by atoms with Crippen LogP contribution in [0.5, 0.6) is 5.75 Å².